The smallest absolute Gasteiger partial charge is 0.338 e. The summed E-state index contributed by atoms with van der Waals surface area (Å²) in [4.78, 5) is 11.1. The van der Waals surface area contributed by atoms with E-state index in [9.17, 15) is 4.79 Å². The number of rotatable bonds is 4. The number of carbonyl (C=O) groups is 1. The van der Waals surface area contributed by atoms with Crippen molar-refractivity contribution in [3.8, 4) is 0 Å². The topological polar surface area (TPSA) is 37.3 Å². The van der Waals surface area contributed by atoms with Crippen molar-refractivity contribution in [3.63, 3.8) is 0 Å². The lowest BCUT2D eigenvalue weighted by molar-refractivity contribution is 0.0697. The number of carboxylic acid groups (broad SMARTS) is 1. The summed E-state index contributed by atoms with van der Waals surface area (Å²) in [6.45, 7) is 6.80. The second-order valence-corrected chi connectivity index (χ2v) is 12.6. The molecule has 0 atom stereocenters. The summed E-state index contributed by atoms with van der Waals surface area (Å²) in [7, 11) is -1.20. The minimum absolute atomic E-state index is 0.00731. The van der Waals surface area contributed by atoms with Crippen molar-refractivity contribution in [3.05, 3.63) is 31.7 Å². The predicted molar refractivity (Wildman–Crippen MR) is 83.0 cm³/mol. The fourth-order valence-electron chi connectivity index (χ4n) is 1.56. The molecule has 0 saturated carbocycles. The summed E-state index contributed by atoms with van der Waals surface area (Å²) in [5.41, 5.74) is 0.827. The van der Waals surface area contributed by atoms with Gasteiger partial charge in [0.25, 0.3) is 0 Å². The normalized spacial score (nSPS) is 11.7. The van der Waals surface area contributed by atoms with Crippen molar-refractivity contribution in [2.45, 2.75) is 32.1 Å². The maximum absolute atomic E-state index is 11.1. The Morgan fingerprint density at radius 2 is 1.94 bits per heavy atom. The van der Waals surface area contributed by atoms with Gasteiger partial charge in [0, 0.05) is 12.5 Å². The SMILES string of the molecule is C[Si](C)(C)CCc1c(Br)cc(Cl)c(C(=O)O)c1Cl. The molecule has 0 aliphatic carbocycles. The molecule has 1 aromatic carbocycles. The van der Waals surface area contributed by atoms with Crippen LogP contribution in [-0.4, -0.2) is 19.1 Å². The van der Waals surface area contributed by atoms with E-state index in [0.29, 0.717) is 0 Å². The van der Waals surface area contributed by atoms with Crippen molar-refractivity contribution in [1.29, 1.82) is 0 Å². The third-order valence-electron chi connectivity index (χ3n) is 2.60. The van der Waals surface area contributed by atoms with Gasteiger partial charge in [-0.05, 0) is 18.1 Å². The van der Waals surface area contributed by atoms with Gasteiger partial charge in [-0.1, -0.05) is 64.8 Å². The minimum Gasteiger partial charge on any atom is -0.478 e. The highest BCUT2D eigenvalue weighted by Crippen LogP contribution is 2.35. The van der Waals surface area contributed by atoms with Gasteiger partial charge in [0.15, 0.2) is 0 Å². The maximum Gasteiger partial charge on any atom is 0.338 e. The zero-order chi connectivity index (χ0) is 14.1. The highest BCUT2D eigenvalue weighted by Gasteiger charge is 2.21. The standard InChI is InChI=1S/C12H15BrCl2O2Si/c1-18(2,3)5-4-7-8(13)6-9(14)10(11(7)15)12(16)17/h6H,4-5H2,1-3H3,(H,16,17). The van der Waals surface area contributed by atoms with Crippen LogP contribution in [0.3, 0.4) is 0 Å². The van der Waals surface area contributed by atoms with Crippen LogP contribution < -0.4 is 0 Å². The number of aromatic carboxylic acids is 1. The van der Waals surface area contributed by atoms with Crippen LogP contribution in [0.15, 0.2) is 10.5 Å². The van der Waals surface area contributed by atoms with Crippen LogP contribution >= 0.6 is 39.1 Å². The van der Waals surface area contributed by atoms with Gasteiger partial charge < -0.3 is 5.11 Å². The molecule has 0 bridgehead atoms. The van der Waals surface area contributed by atoms with Gasteiger partial charge >= 0.3 is 5.97 Å². The van der Waals surface area contributed by atoms with Crippen LogP contribution in [0.4, 0.5) is 0 Å². The summed E-state index contributed by atoms with van der Waals surface area (Å²) in [5.74, 6) is -1.09. The third kappa shape index (κ3) is 3.98. The third-order valence-corrected chi connectivity index (χ3v) is 5.78. The molecule has 0 aliphatic rings. The average molecular weight is 370 g/mol. The van der Waals surface area contributed by atoms with Crippen molar-refractivity contribution in [2.24, 2.45) is 0 Å². The van der Waals surface area contributed by atoms with E-state index in [1.54, 1.807) is 6.07 Å². The fraction of sp³-hybridized carbons (Fsp3) is 0.417. The molecule has 1 rings (SSSR count). The zero-order valence-corrected chi connectivity index (χ0v) is 14.6. The Morgan fingerprint density at radius 3 is 2.39 bits per heavy atom. The number of hydrogen-bond acceptors (Lipinski definition) is 1. The lowest BCUT2D eigenvalue weighted by Crippen LogP contribution is -2.20. The van der Waals surface area contributed by atoms with E-state index in [1.165, 1.54) is 0 Å². The first-order chi connectivity index (χ1) is 8.13. The molecule has 0 amide bonds. The van der Waals surface area contributed by atoms with Crippen LogP contribution in [0.25, 0.3) is 0 Å². The van der Waals surface area contributed by atoms with Crippen LogP contribution in [0, 0.1) is 0 Å². The number of halogens is 3. The van der Waals surface area contributed by atoms with E-state index >= 15 is 0 Å². The Hall–Kier alpha value is -0.0331. The quantitative estimate of drug-likeness (QED) is 0.727. The lowest BCUT2D eigenvalue weighted by atomic mass is 10.1. The first kappa shape index (κ1) is 16.0. The molecule has 18 heavy (non-hydrogen) atoms. The number of benzene rings is 1. The molecule has 100 valence electrons. The molecule has 1 N–H and O–H groups in total. The fourth-order valence-corrected chi connectivity index (χ4v) is 4.14. The Bertz CT molecular complexity index is 484. The number of carboxylic acids is 1. The van der Waals surface area contributed by atoms with E-state index < -0.39 is 14.0 Å². The zero-order valence-electron chi connectivity index (χ0n) is 10.5. The van der Waals surface area contributed by atoms with E-state index in [1.807, 2.05) is 0 Å². The van der Waals surface area contributed by atoms with Gasteiger partial charge in [-0.2, -0.15) is 0 Å². The van der Waals surface area contributed by atoms with Crippen LogP contribution in [0.5, 0.6) is 0 Å². The summed E-state index contributed by atoms with van der Waals surface area (Å²) < 4.78 is 0.778. The van der Waals surface area contributed by atoms with E-state index in [0.717, 1.165) is 22.5 Å². The van der Waals surface area contributed by atoms with Crippen LogP contribution in [-0.2, 0) is 6.42 Å². The van der Waals surface area contributed by atoms with Crippen molar-refractivity contribution in [1.82, 2.24) is 0 Å². The molecule has 6 heteroatoms. The second-order valence-electron chi connectivity index (χ2n) is 5.37. The second kappa shape index (κ2) is 5.95. The molecule has 0 unspecified atom stereocenters. The molecule has 2 nitrogen and oxygen atoms in total. The van der Waals surface area contributed by atoms with Gasteiger partial charge in [-0.25, -0.2) is 4.79 Å². The summed E-state index contributed by atoms with van der Waals surface area (Å²) >= 11 is 15.5. The minimum atomic E-state index is -1.20. The predicted octanol–water partition coefficient (Wildman–Crippen LogP) is 5.33. The number of hydrogen-bond donors (Lipinski definition) is 1. The molecule has 0 heterocycles. The molecule has 0 fully saturated rings. The highest BCUT2D eigenvalue weighted by molar-refractivity contribution is 9.10. The molecule has 0 aromatic heterocycles. The van der Waals surface area contributed by atoms with E-state index in [-0.39, 0.29) is 15.6 Å². The van der Waals surface area contributed by atoms with E-state index in [4.69, 9.17) is 28.3 Å². The van der Waals surface area contributed by atoms with Crippen LogP contribution in [0.2, 0.25) is 35.7 Å². The molecular weight excluding hydrogens is 355 g/mol. The largest absolute Gasteiger partial charge is 0.478 e. The Labute approximate surface area is 126 Å². The molecule has 0 radical (unpaired) electrons. The summed E-state index contributed by atoms with van der Waals surface area (Å²) in [6, 6.07) is 2.66. The van der Waals surface area contributed by atoms with E-state index in [2.05, 4.69) is 35.6 Å². The van der Waals surface area contributed by atoms with Gasteiger partial charge in [-0.15, -0.1) is 0 Å². The molecule has 1 aromatic rings. The van der Waals surface area contributed by atoms with Crippen LogP contribution in [0.1, 0.15) is 15.9 Å². The van der Waals surface area contributed by atoms with Crippen molar-refractivity contribution < 1.29 is 9.90 Å². The summed E-state index contributed by atoms with van der Waals surface area (Å²) in [5, 5.41) is 9.53. The highest BCUT2D eigenvalue weighted by atomic mass is 79.9. The van der Waals surface area contributed by atoms with Gasteiger partial charge in [0.05, 0.1) is 15.6 Å². The first-order valence-electron chi connectivity index (χ1n) is 5.53. The van der Waals surface area contributed by atoms with Crippen molar-refractivity contribution >= 4 is 53.2 Å². The molecule has 0 spiro atoms. The maximum atomic E-state index is 11.1. The van der Waals surface area contributed by atoms with Crippen molar-refractivity contribution in [2.75, 3.05) is 0 Å². The monoisotopic (exact) mass is 368 g/mol. The average Bonchev–Trinajstić information content (AvgIpc) is 2.13. The lowest BCUT2D eigenvalue weighted by Gasteiger charge is -2.18. The molecule has 0 saturated heterocycles. The van der Waals surface area contributed by atoms with Gasteiger partial charge in [0.2, 0.25) is 0 Å². The van der Waals surface area contributed by atoms with Gasteiger partial charge in [0.1, 0.15) is 0 Å². The molecular formula is C12H15BrCl2O2Si. The van der Waals surface area contributed by atoms with Gasteiger partial charge in [-0.3, -0.25) is 0 Å². The molecule has 0 aliphatic heterocycles. The Balaban J connectivity index is 3.20. The summed E-state index contributed by atoms with van der Waals surface area (Å²) in [6.07, 6.45) is 0.770. The Kier molecular flexibility index (Phi) is 5.29. The first-order valence-corrected chi connectivity index (χ1v) is 10.8. The Morgan fingerprint density at radius 1 is 1.39 bits per heavy atom.